The van der Waals surface area contributed by atoms with Crippen molar-refractivity contribution in [2.24, 2.45) is 0 Å². The third kappa shape index (κ3) is 1.31. The van der Waals surface area contributed by atoms with Crippen LogP contribution in [0.15, 0.2) is 23.7 Å². The Bertz CT molecular complexity index is 146. The molecule has 0 amide bonds. The summed E-state index contributed by atoms with van der Waals surface area (Å²) in [4.78, 5) is 0. The van der Waals surface area contributed by atoms with E-state index in [2.05, 4.69) is 30.7 Å². The molecule has 1 aromatic rings. The molecule has 0 saturated heterocycles. The Morgan fingerprint density at radius 3 is 2.38 bits per heavy atom. The summed E-state index contributed by atoms with van der Waals surface area (Å²) in [5.74, 6) is 4.33. The van der Waals surface area contributed by atoms with E-state index < -0.39 is 0 Å². The molecule has 0 atom stereocenters. The van der Waals surface area contributed by atoms with Crippen molar-refractivity contribution in [1.29, 1.82) is 0 Å². The average Bonchev–Trinajstić information content (AvgIpc) is 1.90. The van der Waals surface area contributed by atoms with Crippen LogP contribution in [0, 0.1) is 0 Å². The first-order valence-electron chi connectivity index (χ1n) is 2.82. The first-order chi connectivity index (χ1) is 3.93. The summed E-state index contributed by atoms with van der Waals surface area (Å²) < 4.78 is 0. The molecule has 8 heavy (non-hydrogen) atoms. The van der Waals surface area contributed by atoms with Crippen molar-refractivity contribution >= 4 is 8.19 Å². The van der Waals surface area contributed by atoms with Gasteiger partial charge in [0.15, 0.2) is 0 Å². The highest BCUT2D eigenvalue weighted by Gasteiger charge is 1.80. The van der Waals surface area contributed by atoms with Crippen LogP contribution in [0.2, 0.25) is 0 Å². The molecule has 1 heterocycles. The van der Waals surface area contributed by atoms with Gasteiger partial charge in [0.2, 0.25) is 0 Å². The van der Waals surface area contributed by atoms with Crippen molar-refractivity contribution in [3.63, 3.8) is 0 Å². The van der Waals surface area contributed by atoms with Crippen molar-refractivity contribution in [3.8, 4) is 0 Å². The topological polar surface area (TPSA) is 0 Å². The maximum absolute atomic E-state index is 2.18. The van der Waals surface area contributed by atoms with Crippen LogP contribution in [0.1, 0.15) is 12.5 Å². The largest absolute Gasteiger partial charge is 0.0765 e. The van der Waals surface area contributed by atoms with Crippen LogP contribution in [-0.2, 0) is 6.42 Å². The molecule has 0 saturated carbocycles. The van der Waals surface area contributed by atoms with Gasteiger partial charge in [0.1, 0.15) is 0 Å². The van der Waals surface area contributed by atoms with E-state index in [1.165, 1.54) is 13.8 Å². The lowest BCUT2D eigenvalue weighted by molar-refractivity contribution is 1.15. The van der Waals surface area contributed by atoms with Gasteiger partial charge in [-0.15, -0.1) is 0 Å². The third-order valence-corrected chi connectivity index (χ3v) is 1.80. The number of rotatable bonds is 1. The summed E-state index contributed by atoms with van der Waals surface area (Å²) in [7, 11) is 1.32. The maximum Gasteiger partial charge on any atom is -0.0307 e. The summed E-state index contributed by atoms with van der Waals surface area (Å²) in [6.07, 6.45) is 1.16. The zero-order valence-electron chi connectivity index (χ0n) is 4.96. The van der Waals surface area contributed by atoms with Gasteiger partial charge in [-0.25, -0.2) is 0 Å². The molecule has 1 rings (SSSR count). The average molecular weight is 124 g/mol. The maximum atomic E-state index is 2.18. The van der Waals surface area contributed by atoms with Gasteiger partial charge in [0.05, 0.1) is 0 Å². The number of aryl methyl sites for hydroxylation is 1. The molecule has 0 bridgehead atoms. The summed E-state index contributed by atoms with van der Waals surface area (Å²) in [5.41, 5.74) is 1.43. The van der Waals surface area contributed by atoms with Gasteiger partial charge in [0, 0.05) is 0 Å². The highest BCUT2D eigenvalue weighted by Crippen LogP contribution is 2.06. The van der Waals surface area contributed by atoms with Gasteiger partial charge in [-0.2, -0.15) is 0 Å². The lowest BCUT2D eigenvalue weighted by Crippen LogP contribution is -1.71. The van der Waals surface area contributed by atoms with E-state index in [1.54, 1.807) is 0 Å². The molecule has 0 aliphatic carbocycles. The zero-order chi connectivity index (χ0) is 5.82. The van der Waals surface area contributed by atoms with Gasteiger partial charge >= 0.3 is 0 Å². The minimum absolute atomic E-state index is 1.16. The van der Waals surface area contributed by atoms with Crippen molar-refractivity contribution in [3.05, 3.63) is 29.3 Å². The molecule has 0 fully saturated rings. The predicted molar refractivity (Wildman–Crippen MR) is 38.3 cm³/mol. The van der Waals surface area contributed by atoms with Crippen LogP contribution < -0.4 is 0 Å². The Kier molecular flexibility index (Phi) is 2.05. The van der Waals surface area contributed by atoms with Crippen LogP contribution in [0.5, 0.6) is 0 Å². The highest BCUT2D eigenvalue weighted by molar-refractivity contribution is 7.28. The van der Waals surface area contributed by atoms with Crippen LogP contribution in [-0.4, -0.2) is 0 Å². The van der Waals surface area contributed by atoms with Crippen LogP contribution in [0.25, 0.3) is 0 Å². The fraction of sp³-hybridized carbons (Fsp3) is 0.286. The Hall–Kier alpha value is -0.350. The number of hydrogen-bond donors (Lipinski definition) is 0. The zero-order valence-corrected chi connectivity index (χ0v) is 5.86. The van der Waals surface area contributed by atoms with Crippen molar-refractivity contribution in [2.75, 3.05) is 0 Å². The monoisotopic (exact) mass is 124 g/mol. The van der Waals surface area contributed by atoms with E-state index >= 15 is 0 Å². The van der Waals surface area contributed by atoms with Crippen molar-refractivity contribution in [1.82, 2.24) is 0 Å². The second-order valence-electron chi connectivity index (χ2n) is 1.71. The summed E-state index contributed by atoms with van der Waals surface area (Å²) in [6, 6.07) is 4.36. The van der Waals surface area contributed by atoms with Crippen molar-refractivity contribution in [2.45, 2.75) is 13.3 Å². The Morgan fingerprint density at radius 1 is 1.38 bits per heavy atom. The normalized spacial score (nSPS) is 9.12. The highest BCUT2D eigenvalue weighted by atomic mass is 31.0. The van der Waals surface area contributed by atoms with Gasteiger partial charge in [0.25, 0.3) is 0 Å². The molecular formula is C7H9P. The van der Waals surface area contributed by atoms with E-state index in [0.29, 0.717) is 0 Å². The summed E-state index contributed by atoms with van der Waals surface area (Å²) in [5, 5.41) is 0. The SMILES string of the molecule is CCc1ccpcc1. The first kappa shape index (κ1) is 5.78. The molecule has 0 aromatic carbocycles. The lowest BCUT2D eigenvalue weighted by atomic mass is 10.2. The summed E-state index contributed by atoms with van der Waals surface area (Å²) >= 11 is 0. The smallest absolute Gasteiger partial charge is 0.0307 e. The van der Waals surface area contributed by atoms with E-state index in [9.17, 15) is 0 Å². The molecule has 42 valence electrons. The number of hydrogen-bond acceptors (Lipinski definition) is 0. The molecule has 0 radical (unpaired) electrons. The van der Waals surface area contributed by atoms with Gasteiger partial charge in [-0.05, 0) is 23.6 Å². The standard InChI is InChI=1S/C7H9P/c1-2-7-3-5-8-6-4-7/h3-6H,2H2,1H3. The third-order valence-electron chi connectivity index (χ3n) is 1.16. The van der Waals surface area contributed by atoms with Gasteiger partial charge in [-0.3, -0.25) is 0 Å². The van der Waals surface area contributed by atoms with Crippen molar-refractivity contribution < 1.29 is 0 Å². The van der Waals surface area contributed by atoms with Crippen LogP contribution in [0.4, 0.5) is 0 Å². The minimum Gasteiger partial charge on any atom is -0.0765 e. The van der Waals surface area contributed by atoms with Crippen LogP contribution >= 0.6 is 8.19 Å². The van der Waals surface area contributed by atoms with Gasteiger partial charge < -0.3 is 0 Å². The quantitative estimate of drug-likeness (QED) is 0.540. The lowest BCUT2D eigenvalue weighted by Gasteiger charge is -1.89. The Balaban J connectivity index is 2.83. The Morgan fingerprint density at radius 2 is 2.00 bits per heavy atom. The van der Waals surface area contributed by atoms with Crippen LogP contribution in [0.3, 0.4) is 0 Å². The molecule has 1 aromatic heterocycles. The van der Waals surface area contributed by atoms with E-state index in [-0.39, 0.29) is 0 Å². The summed E-state index contributed by atoms with van der Waals surface area (Å²) in [6.45, 7) is 2.17. The first-order valence-corrected chi connectivity index (χ1v) is 3.85. The second kappa shape index (κ2) is 2.84. The minimum atomic E-state index is 1.16. The van der Waals surface area contributed by atoms with Gasteiger partial charge in [-0.1, -0.05) is 27.2 Å². The van der Waals surface area contributed by atoms with E-state index in [4.69, 9.17) is 0 Å². The molecule has 0 unspecified atom stereocenters. The van der Waals surface area contributed by atoms with E-state index in [1.807, 2.05) is 0 Å². The second-order valence-corrected chi connectivity index (χ2v) is 2.60. The molecule has 0 aliphatic heterocycles. The molecule has 0 spiro atoms. The molecule has 0 N–H and O–H groups in total. The fourth-order valence-corrected chi connectivity index (χ4v) is 1.27. The molecule has 0 aliphatic rings. The predicted octanol–water partition coefficient (Wildman–Crippen LogP) is 2.83. The Labute approximate surface area is 51.7 Å². The van der Waals surface area contributed by atoms with E-state index in [0.717, 1.165) is 6.42 Å². The molecule has 0 nitrogen and oxygen atoms in total. The molecular weight excluding hydrogens is 115 g/mol. The molecule has 1 heteroatoms. The fourth-order valence-electron chi connectivity index (χ4n) is 0.618.